The Hall–Kier alpha value is -1.99. The number of nitrogens with zero attached hydrogens (tertiary/aromatic N) is 3. The van der Waals surface area contributed by atoms with Crippen molar-refractivity contribution in [1.29, 1.82) is 0 Å². The van der Waals surface area contributed by atoms with Crippen LogP contribution in [0.5, 0.6) is 11.6 Å². The van der Waals surface area contributed by atoms with Crippen LogP contribution in [0.25, 0.3) is 0 Å². The highest BCUT2D eigenvalue weighted by atomic mass is 32.2. The van der Waals surface area contributed by atoms with Gasteiger partial charge in [0.2, 0.25) is 10.0 Å². The fourth-order valence-corrected chi connectivity index (χ4v) is 4.56. The summed E-state index contributed by atoms with van der Waals surface area (Å²) in [5.41, 5.74) is 0.0874. The van der Waals surface area contributed by atoms with E-state index in [0.29, 0.717) is 13.2 Å². The van der Waals surface area contributed by atoms with Crippen LogP contribution in [0.2, 0.25) is 0 Å². The zero-order valence-electron chi connectivity index (χ0n) is 13.9. The van der Waals surface area contributed by atoms with Gasteiger partial charge in [0.15, 0.2) is 16.9 Å². The molecule has 0 amide bonds. The predicted octanol–water partition coefficient (Wildman–Crippen LogP) is 1.07. The molecule has 142 valence electrons. The summed E-state index contributed by atoms with van der Waals surface area (Å²) >= 11 is -1.82. The van der Waals surface area contributed by atoms with Crippen molar-refractivity contribution in [3.05, 3.63) is 18.2 Å². The van der Waals surface area contributed by atoms with Gasteiger partial charge < -0.3 is 24.4 Å². The van der Waals surface area contributed by atoms with Crippen molar-refractivity contribution in [2.75, 3.05) is 38.2 Å². The number of nitrogens with one attached hydrogen (secondary N) is 1. The Morgan fingerprint density at radius 1 is 1.38 bits per heavy atom. The zero-order chi connectivity index (χ0) is 18.7. The number of rotatable bonds is 6. The smallest absolute Gasteiger partial charge is 0.318 e. The molecule has 10 nitrogen and oxygen atoms in total. The number of morpholine rings is 1. The average molecular weight is 402 g/mol. The molecule has 0 bridgehead atoms. The molecule has 2 N–H and O–H groups in total. The molecule has 12 heteroatoms. The van der Waals surface area contributed by atoms with Gasteiger partial charge in [-0.2, -0.15) is 4.31 Å². The maximum absolute atomic E-state index is 12.8. The minimum absolute atomic E-state index is 0.0340. The van der Waals surface area contributed by atoms with Gasteiger partial charge in [-0.1, -0.05) is 6.07 Å². The lowest BCUT2D eigenvalue weighted by Crippen LogP contribution is -2.40. The van der Waals surface area contributed by atoms with Gasteiger partial charge in [0.1, 0.15) is 4.90 Å². The first-order valence-electron chi connectivity index (χ1n) is 7.83. The van der Waals surface area contributed by atoms with Gasteiger partial charge in [-0.15, -0.1) is 0 Å². The Balaban J connectivity index is 1.92. The van der Waals surface area contributed by atoms with Crippen molar-refractivity contribution >= 4 is 32.7 Å². The Morgan fingerprint density at radius 3 is 2.81 bits per heavy atom. The summed E-state index contributed by atoms with van der Waals surface area (Å²) in [6, 6.07) is 4.28. The van der Waals surface area contributed by atoms with Crippen LogP contribution in [-0.2, 0) is 14.8 Å². The number of phenols is 1. The first kappa shape index (κ1) is 18.8. The van der Waals surface area contributed by atoms with Crippen LogP contribution in [0.15, 0.2) is 23.1 Å². The molecule has 1 fully saturated rings. The molecule has 26 heavy (non-hydrogen) atoms. The van der Waals surface area contributed by atoms with Gasteiger partial charge in [-0.05, 0) is 19.1 Å². The van der Waals surface area contributed by atoms with E-state index in [4.69, 9.17) is 9.47 Å². The highest BCUT2D eigenvalue weighted by Gasteiger charge is 2.30. The summed E-state index contributed by atoms with van der Waals surface area (Å²) in [4.78, 5) is -0.237. The van der Waals surface area contributed by atoms with E-state index in [1.165, 1.54) is 22.5 Å². The number of hydrogen-bond donors (Lipinski definition) is 2. The summed E-state index contributed by atoms with van der Waals surface area (Å²) in [5, 5.41) is 13.2. The molecule has 1 unspecified atom stereocenters. The van der Waals surface area contributed by atoms with Crippen LogP contribution in [0.3, 0.4) is 0 Å². The summed E-state index contributed by atoms with van der Waals surface area (Å²) in [6.45, 7) is 3.05. The van der Waals surface area contributed by atoms with E-state index in [2.05, 4.69) is 14.1 Å². The Labute approximate surface area is 153 Å². The van der Waals surface area contributed by atoms with E-state index in [0.717, 1.165) is 0 Å². The third-order valence-corrected chi connectivity index (χ3v) is 6.24. The minimum Gasteiger partial charge on any atom is -0.546 e. The summed E-state index contributed by atoms with van der Waals surface area (Å²) in [6.07, 6.45) is 0. The number of sulfonamides is 1. The first-order chi connectivity index (χ1) is 12.4. The Kier molecular flexibility index (Phi) is 5.58. The van der Waals surface area contributed by atoms with Gasteiger partial charge in [0.25, 0.3) is 5.82 Å². The molecule has 1 aliphatic heterocycles. The lowest BCUT2D eigenvalue weighted by molar-refractivity contribution is 0.0729. The second-order valence-corrected chi connectivity index (χ2v) is 8.03. The van der Waals surface area contributed by atoms with Crippen molar-refractivity contribution in [2.45, 2.75) is 11.8 Å². The largest absolute Gasteiger partial charge is 0.546 e. The van der Waals surface area contributed by atoms with Crippen molar-refractivity contribution < 1.29 is 27.6 Å². The number of para-hydroxylation sites is 1. The molecule has 0 saturated carbocycles. The van der Waals surface area contributed by atoms with Crippen LogP contribution >= 0.6 is 11.1 Å². The topological polar surface area (TPSA) is 137 Å². The maximum atomic E-state index is 12.8. The molecule has 0 radical (unpaired) electrons. The van der Waals surface area contributed by atoms with E-state index in [9.17, 15) is 18.1 Å². The minimum atomic E-state index is -3.88. The molecule has 1 aromatic carbocycles. The number of aromatic nitrogens is 2. The molecular weight excluding hydrogens is 384 g/mol. The Morgan fingerprint density at radius 2 is 2.12 bits per heavy atom. The average Bonchev–Trinajstić information content (AvgIpc) is 2.97. The van der Waals surface area contributed by atoms with E-state index in [1.807, 2.05) is 0 Å². The van der Waals surface area contributed by atoms with Gasteiger partial charge in [-0.3, -0.25) is 0 Å². The monoisotopic (exact) mass is 402 g/mol. The molecule has 0 aliphatic carbocycles. The fourth-order valence-electron chi connectivity index (χ4n) is 2.44. The molecule has 1 aliphatic rings. The molecule has 2 heterocycles. The third-order valence-electron chi connectivity index (χ3n) is 3.65. The zero-order valence-corrected chi connectivity index (χ0v) is 15.5. The molecule has 1 aromatic heterocycles. The van der Waals surface area contributed by atoms with Crippen molar-refractivity contribution in [3.63, 3.8) is 0 Å². The van der Waals surface area contributed by atoms with Gasteiger partial charge in [0.05, 0.1) is 25.5 Å². The molecule has 0 spiro atoms. The lowest BCUT2D eigenvalue weighted by atomic mass is 10.3. The second kappa shape index (κ2) is 7.72. The fraction of sp³-hybridized carbons (Fsp3) is 0.429. The molecule has 1 atom stereocenters. The van der Waals surface area contributed by atoms with Crippen LogP contribution in [0.4, 0.5) is 11.5 Å². The van der Waals surface area contributed by atoms with E-state index in [-0.39, 0.29) is 42.0 Å². The predicted molar refractivity (Wildman–Crippen MR) is 92.8 cm³/mol. The molecular formula is C14H18N4O6S2. The van der Waals surface area contributed by atoms with Crippen molar-refractivity contribution in [3.8, 4) is 11.6 Å². The summed E-state index contributed by atoms with van der Waals surface area (Å²) in [5.74, 6) is -0.372. The van der Waals surface area contributed by atoms with Crippen LogP contribution < -0.4 is 10.1 Å². The van der Waals surface area contributed by atoms with Crippen molar-refractivity contribution in [1.82, 2.24) is 13.1 Å². The van der Waals surface area contributed by atoms with E-state index in [1.54, 1.807) is 6.92 Å². The first-order valence-corrected chi connectivity index (χ1v) is 10.3. The number of aromatic hydroxyl groups is 1. The number of benzene rings is 1. The van der Waals surface area contributed by atoms with Gasteiger partial charge >= 0.3 is 5.88 Å². The van der Waals surface area contributed by atoms with Crippen LogP contribution in [0.1, 0.15) is 6.92 Å². The number of ether oxygens (including phenoxy) is 2. The maximum Gasteiger partial charge on any atom is 0.318 e. The van der Waals surface area contributed by atoms with E-state index < -0.39 is 26.9 Å². The van der Waals surface area contributed by atoms with Crippen LogP contribution in [-0.4, -0.2) is 64.0 Å². The lowest BCUT2D eigenvalue weighted by Gasteiger charge is -2.26. The van der Waals surface area contributed by atoms with E-state index >= 15 is 0 Å². The highest BCUT2D eigenvalue weighted by molar-refractivity contribution is 7.89. The highest BCUT2D eigenvalue weighted by Crippen LogP contribution is 2.37. The summed E-state index contributed by atoms with van der Waals surface area (Å²) < 4.78 is 56.2. The normalized spacial score (nSPS) is 16.5. The molecule has 2 aromatic rings. The quantitative estimate of drug-likeness (QED) is 0.537. The molecule has 3 rings (SSSR count). The number of anilines is 2. The van der Waals surface area contributed by atoms with Crippen LogP contribution in [0, 0.1) is 0 Å². The molecule has 1 saturated heterocycles. The SMILES string of the molecule is CCOc1n[s+]([O-])nc1Nc1cccc(S(=O)(=O)N2CCOCC2)c1O. The Bertz CT molecular complexity index is 880. The van der Waals surface area contributed by atoms with Gasteiger partial charge in [0, 0.05) is 21.8 Å². The van der Waals surface area contributed by atoms with Crippen molar-refractivity contribution in [2.24, 2.45) is 0 Å². The van der Waals surface area contributed by atoms with Gasteiger partial charge in [-0.25, -0.2) is 8.42 Å². The standard InChI is InChI=1S/C14H18N4O6S2/c1-2-24-14-13(16-25(20)17-14)15-10-4-3-5-11(12(10)19)26(21,22)18-6-8-23-9-7-18/h3-5,19H,2,6-9H2,1H3,(H,15,16). The number of hydrogen-bond acceptors (Lipinski definition) is 9. The second-order valence-electron chi connectivity index (χ2n) is 5.29. The summed E-state index contributed by atoms with van der Waals surface area (Å²) in [7, 11) is -3.88. The third kappa shape index (κ3) is 3.73. The number of phenolic OH excluding ortho intramolecular Hbond substituents is 1.